The maximum atomic E-state index is 10.9. The van der Waals surface area contributed by atoms with Crippen molar-refractivity contribution in [1.82, 2.24) is 9.80 Å². The molecule has 0 aromatic heterocycles. The molecule has 1 atom stereocenters. The molecular formula is C13H18BrN3O2. The summed E-state index contributed by atoms with van der Waals surface area (Å²) in [5.74, 6) is 0. The van der Waals surface area contributed by atoms with E-state index in [-0.39, 0.29) is 10.6 Å². The van der Waals surface area contributed by atoms with Gasteiger partial charge >= 0.3 is 0 Å². The lowest BCUT2D eigenvalue weighted by atomic mass is 10.1. The van der Waals surface area contributed by atoms with E-state index in [1.165, 1.54) is 6.07 Å². The van der Waals surface area contributed by atoms with Crippen molar-refractivity contribution in [3.8, 4) is 0 Å². The summed E-state index contributed by atoms with van der Waals surface area (Å²) in [7, 11) is 2.13. The van der Waals surface area contributed by atoms with E-state index in [1.54, 1.807) is 6.07 Å². The van der Waals surface area contributed by atoms with Crippen LogP contribution in [0, 0.1) is 10.1 Å². The second kappa shape index (κ2) is 5.98. The van der Waals surface area contributed by atoms with Gasteiger partial charge in [0.1, 0.15) is 0 Å². The van der Waals surface area contributed by atoms with Crippen molar-refractivity contribution >= 4 is 21.6 Å². The molecule has 1 fully saturated rings. The van der Waals surface area contributed by atoms with E-state index in [0.717, 1.165) is 31.7 Å². The Bertz CT molecular complexity index is 481. The first kappa shape index (κ1) is 14.4. The van der Waals surface area contributed by atoms with Crippen molar-refractivity contribution < 1.29 is 4.92 Å². The number of hydrogen-bond donors (Lipinski definition) is 0. The van der Waals surface area contributed by atoms with Crippen LogP contribution in [0.3, 0.4) is 0 Å². The predicted molar refractivity (Wildman–Crippen MR) is 78.2 cm³/mol. The molecule has 6 heteroatoms. The maximum absolute atomic E-state index is 10.9. The highest BCUT2D eigenvalue weighted by Gasteiger charge is 2.22. The number of halogens is 1. The van der Waals surface area contributed by atoms with Crippen LogP contribution < -0.4 is 0 Å². The van der Waals surface area contributed by atoms with Gasteiger partial charge < -0.3 is 4.90 Å². The number of likely N-dealkylation sites (N-methyl/N-ethyl adjacent to an activating group) is 1. The maximum Gasteiger partial charge on any atom is 0.283 e. The number of rotatable bonds is 3. The van der Waals surface area contributed by atoms with E-state index in [2.05, 4.69) is 39.7 Å². The van der Waals surface area contributed by atoms with Gasteiger partial charge in [-0.1, -0.05) is 12.1 Å². The quantitative estimate of drug-likeness (QED) is 0.632. The minimum absolute atomic E-state index is 0.139. The molecule has 1 heterocycles. The third-order valence-corrected chi connectivity index (χ3v) is 4.61. The summed E-state index contributed by atoms with van der Waals surface area (Å²) < 4.78 is 0.603. The summed E-state index contributed by atoms with van der Waals surface area (Å²) in [6, 6.07) is 5.74. The molecule has 5 nitrogen and oxygen atoms in total. The molecule has 0 amide bonds. The highest BCUT2D eigenvalue weighted by atomic mass is 79.9. The smallest absolute Gasteiger partial charge is 0.283 e. The monoisotopic (exact) mass is 327 g/mol. The van der Waals surface area contributed by atoms with Crippen LogP contribution in [-0.4, -0.2) is 47.4 Å². The Balaban J connectivity index is 2.11. The van der Waals surface area contributed by atoms with Gasteiger partial charge in [0.25, 0.3) is 5.69 Å². The van der Waals surface area contributed by atoms with Crippen molar-refractivity contribution in [2.24, 2.45) is 0 Å². The summed E-state index contributed by atoms with van der Waals surface area (Å²) in [5, 5.41) is 10.9. The van der Waals surface area contributed by atoms with Crippen LogP contribution in [0.1, 0.15) is 12.5 Å². The number of piperazine rings is 1. The van der Waals surface area contributed by atoms with Gasteiger partial charge in [0.15, 0.2) is 0 Å². The van der Waals surface area contributed by atoms with E-state index >= 15 is 0 Å². The molecule has 0 saturated carbocycles. The molecule has 0 N–H and O–H groups in total. The minimum atomic E-state index is -0.347. The van der Waals surface area contributed by atoms with Crippen LogP contribution >= 0.6 is 15.9 Å². The van der Waals surface area contributed by atoms with Crippen molar-refractivity contribution in [1.29, 1.82) is 0 Å². The lowest BCUT2D eigenvalue weighted by molar-refractivity contribution is -0.385. The second-order valence-corrected chi connectivity index (χ2v) is 5.87. The molecule has 19 heavy (non-hydrogen) atoms. The fourth-order valence-electron chi connectivity index (χ4n) is 2.34. The Morgan fingerprint density at radius 3 is 2.84 bits per heavy atom. The van der Waals surface area contributed by atoms with Crippen LogP contribution in [0.15, 0.2) is 22.7 Å². The number of nitro benzene ring substituents is 1. The Morgan fingerprint density at radius 1 is 1.47 bits per heavy atom. The van der Waals surface area contributed by atoms with Crippen LogP contribution in [0.2, 0.25) is 0 Å². The first-order valence-electron chi connectivity index (χ1n) is 6.33. The average Bonchev–Trinajstić information content (AvgIpc) is 2.36. The second-order valence-electron chi connectivity index (χ2n) is 5.07. The van der Waals surface area contributed by atoms with Crippen LogP contribution in [0.4, 0.5) is 5.69 Å². The first-order chi connectivity index (χ1) is 8.99. The van der Waals surface area contributed by atoms with Gasteiger partial charge in [-0.15, -0.1) is 0 Å². The van der Waals surface area contributed by atoms with Gasteiger partial charge in [-0.05, 0) is 35.5 Å². The SMILES string of the molecule is CC1CN(Cc2cccc([N+](=O)[O-])c2Br)CCN1C. The molecule has 1 aliphatic rings. The Kier molecular flexibility index (Phi) is 4.54. The zero-order chi connectivity index (χ0) is 14.0. The van der Waals surface area contributed by atoms with Gasteiger partial charge in [-0.25, -0.2) is 0 Å². The van der Waals surface area contributed by atoms with Crippen LogP contribution in [0.25, 0.3) is 0 Å². The first-order valence-corrected chi connectivity index (χ1v) is 7.12. The molecule has 0 radical (unpaired) electrons. The number of benzene rings is 1. The van der Waals surface area contributed by atoms with Gasteiger partial charge in [0.2, 0.25) is 0 Å². The van der Waals surface area contributed by atoms with Gasteiger partial charge in [-0.2, -0.15) is 0 Å². The normalized spacial score (nSPS) is 21.5. The van der Waals surface area contributed by atoms with E-state index in [0.29, 0.717) is 10.5 Å². The van der Waals surface area contributed by atoms with Crippen LogP contribution in [-0.2, 0) is 6.54 Å². The molecule has 2 rings (SSSR count). The molecule has 1 aromatic carbocycles. The zero-order valence-corrected chi connectivity index (χ0v) is 12.8. The molecule has 0 aliphatic carbocycles. The van der Waals surface area contributed by atoms with Crippen molar-refractivity contribution in [2.75, 3.05) is 26.7 Å². The van der Waals surface area contributed by atoms with Crippen molar-refractivity contribution in [2.45, 2.75) is 19.5 Å². The third-order valence-electron chi connectivity index (χ3n) is 3.69. The Morgan fingerprint density at radius 2 is 2.21 bits per heavy atom. The number of nitro groups is 1. The minimum Gasteiger partial charge on any atom is -0.301 e. The average molecular weight is 328 g/mol. The topological polar surface area (TPSA) is 49.6 Å². The molecule has 1 saturated heterocycles. The molecule has 0 bridgehead atoms. The lowest BCUT2D eigenvalue weighted by Gasteiger charge is -2.37. The largest absolute Gasteiger partial charge is 0.301 e. The van der Waals surface area contributed by atoms with E-state index in [1.807, 2.05) is 6.07 Å². The third kappa shape index (κ3) is 3.32. The summed E-state index contributed by atoms with van der Waals surface area (Å²) in [4.78, 5) is 15.2. The molecule has 0 spiro atoms. The zero-order valence-electron chi connectivity index (χ0n) is 11.2. The van der Waals surface area contributed by atoms with Crippen LogP contribution in [0.5, 0.6) is 0 Å². The lowest BCUT2D eigenvalue weighted by Crippen LogP contribution is -2.49. The molecular weight excluding hydrogens is 310 g/mol. The fraction of sp³-hybridized carbons (Fsp3) is 0.538. The Hall–Kier alpha value is -0.980. The summed E-state index contributed by atoms with van der Waals surface area (Å²) >= 11 is 3.36. The molecule has 1 aromatic rings. The highest BCUT2D eigenvalue weighted by Crippen LogP contribution is 2.29. The van der Waals surface area contributed by atoms with E-state index in [9.17, 15) is 10.1 Å². The molecule has 104 valence electrons. The summed E-state index contributed by atoms with van der Waals surface area (Å²) in [5.41, 5.74) is 1.12. The van der Waals surface area contributed by atoms with E-state index < -0.39 is 0 Å². The van der Waals surface area contributed by atoms with Gasteiger partial charge in [0, 0.05) is 38.3 Å². The van der Waals surface area contributed by atoms with Gasteiger partial charge in [-0.3, -0.25) is 15.0 Å². The summed E-state index contributed by atoms with van der Waals surface area (Å²) in [6.45, 7) is 5.98. The van der Waals surface area contributed by atoms with E-state index in [4.69, 9.17) is 0 Å². The standard InChI is InChI=1S/C13H18BrN3O2/c1-10-8-16(7-6-15(10)2)9-11-4-3-5-12(13(11)14)17(18)19/h3-5,10H,6-9H2,1-2H3. The van der Waals surface area contributed by atoms with Crippen molar-refractivity contribution in [3.63, 3.8) is 0 Å². The summed E-state index contributed by atoms with van der Waals surface area (Å²) in [6.07, 6.45) is 0. The number of hydrogen-bond acceptors (Lipinski definition) is 4. The number of nitrogens with zero attached hydrogens (tertiary/aromatic N) is 3. The molecule has 1 aliphatic heterocycles. The van der Waals surface area contributed by atoms with Gasteiger partial charge in [0.05, 0.1) is 9.40 Å². The van der Waals surface area contributed by atoms with Crippen molar-refractivity contribution in [3.05, 3.63) is 38.3 Å². The Labute approximate surface area is 121 Å². The molecule has 1 unspecified atom stereocenters. The fourth-order valence-corrected chi connectivity index (χ4v) is 2.87. The predicted octanol–water partition coefficient (Wildman–Crippen LogP) is 2.49. The highest BCUT2D eigenvalue weighted by molar-refractivity contribution is 9.10.